The molecule has 236 valence electrons. The summed E-state index contributed by atoms with van der Waals surface area (Å²) in [4.78, 5) is 47.3. The van der Waals surface area contributed by atoms with Crippen molar-refractivity contribution >= 4 is 34.6 Å². The summed E-state index contributed by atoms with van der Waals surface area (Å²) < 4.78 is 7.02. The number of nitrogens with one attached hydrogen (secondary N) is 2. The molecule has 1 aliphatic heterocycles. The summed E-state index contributed by atoms with van der Waals surface area (Å²) in [7, 11) is 0. The van der Waals surface area contributed by atoms with E-state index in [4.69, 9.17) is 4.74 Å². The van der Waals surface area contributed by atoms with Crippen molar-refractivity contribution < 1.29 is 19.1 Å². The summed E-state index contributed by atoms with van der Waals surface area (Å²) in [6.07, 6.45) is 4.19. The predicted molar refractivity (Wildman–Crippen MR) is 176 cm³/mol. The van der Waals surface area contributed by atoms with Crippen molar-refractivity contribution in [1.82, 2.24) is 24.7 Å². The van der Waals surface area contributed by atoms with Crippen molar-refractivity contribution in [2.75, 3.05) is 31.5 Å². The van der Waals surface area contributed by atoms with E-state index in [1.54, 1.807) is 24.5 Å². The van der Waals surface area contributed by atoms with Crippen LogP contribution in [0.4, 0.5) is 15.3 Å². The third kappa shape index (κ3) is 8.07. The highest BCUT2D eigenvalue weighted by Crippen LogP contribution is 2.30. The summed E-state index contributed by atoms with van der Waals surface area (Å²) in [6.45, 7) is 15.2. The molecule has 0 atom stereocenters. The van der Waals surface area contributed by atoms with Gasteiger partial charge in [-0.2, -0.15) is 0 Å². The number of benzene rings is 2. The molecule has 0 saturated carbocycles. The summed E-state index contributed by atoms with van der Waals surface area (Å²) >= 11 is 0. The van der Waals surface area contributed by atoms with Crippen molar-refractivity contribution in [2.45, 2.75) is 59.2 Å². The molecular formula is C35H42N6O4. The first-order valence-corrected chi connectivity index (χ1v) is 15.2. The largest absolute Gasteiger partial charge is 0.443 e. The number of rotatable bonds is 5. The van der Waals surface area contributed by atoms with Gasteiger partial charge in [0, 0.05) is 67.9 Å². The predicted octanol–water partition coefficient (Wildman–Crippen LogP) is 6.36. The fourth-order valence-electron chi connectivity index (χ4n) is 5.26. The van der Waals surface area contributed by atoms with Crippen LogP contribution < -0.4 is 10.6 Å². The summed E-state index contributed by atoms with van der Waals surface area (Å²) in [5.74, 6) is -0.336. The van der Waals surface area contributed by atoms with Gasteiger partial charge in [0.1, 0.15) is 5.60 Å². The molecule has 0 radical (unpaired) electrons. The lowest BCUT2D eigenvalue weighted by molar-refractivity contribution is 0.0544. The summed E-state index contributed by atoms with van der Waals surface area (Å²) in [5.41, 5.74) is 3.71. The Morgan fingerprint density at radius 2 is 1.49 bits per heavy atom. The second-order valence-electron chi connectivity index (χ2n) is 13.5. The van der Waals surface area contributed by atoms with Crippen LogP contribution in [0.1, 0.15) is 57.5 Å². The van der Waals surface area contributed by atoms with Crippen molar-refractivity contribution in [3.05, 3.63) is 84.3 Å². The molecule has 1 aliphatic rings. The number of pyridine rings is 1. The van der Waals surface area contributed by atoms with Crippen molar-refractivity contribution in [1.29, 1.82) is 0 Å². The molecule has 2 N–H and O–H groups in total. The molecule has 2 aromatic heterocycles. The lowest BCUT2D eigenvalue weighted by Crippen LogP contribution is -2.54. The van der Waals surface area contributed by atoms with Crippen LogP contribution in [0.2, 0.25) is 0 Å². The molecule has 1 fully saturated rings. The Morgan fingerprint density at radius 3 is 2.11 bits per heavy atom. The molecular weight excluding hydrogens is 568 g/mol. The van der Waals surface area contributed by atoms with Crippen molar-refractivity contribution in [2.24, 2.45) is 0 Å². The summed E-state index contributed by atoms with van der Waals surface area (Å²) in [6, 6.07) is 17.5. The molecule has 0 unspecified atom stereocenters. The van der Waals surface area contributed by atoms with Gasteiger partial charge in [0.2, 0.25) is 0 Å². The minimum Gasteiger partial charge on any atom is -0.443 e. The fourth-order valence-corrected chi connectivity index (χ4v) is 5.26. The van der Waals surface area contributed by atoms with E-state index in [0.717, 1.165) is 30.8 Å². The first-order chi connectivity index (χ1) is 21.3. The number of hydrogen-bond donors (Lipinski definition) is 2. The number of fused-ring (bicyclic) bond motifs is 1. The van der Waals surface area contributed by atoms with Gasteiger partial charge in [0.25, 0.3) is 5.91 Å². The topological polar surface area (TPSA) is 109 Å². The summed E-state index contributed by atoms with van der Waals surface area (Å²) in [5, 5.41) is 6.58. The molecule has 10 nitrogen and oxygen atoms in total. The van der Waals surface area contributed by atoms with Gasteiger partial charge in [0.05, 0.1) is 11.1 Å². The van der Waals surface area contributed by atoms with E-state index in [1.807, 2.05) is 64.6 Å². The second-order valence-corrected chi connectivity index (χ2v) is 13.5. The number of piperazine rings is 1. The van der Waals surface area contributed by atoms with E-state index in [1.165, 1.54) is 16.3 Å². The van der Waals surface area contributed by atoms with Crippen LogP contribution in [-0.2, 0) is 11.3 Å². The molecule has 3 amide bonds. The minimum atomic E-state index is -0.691. The van der Waals surface area contributed by atoms with Crippen LogP contribution in [0.3, 0.4) is 0 Å². The molecule has 0 bridgehead atoms. The molecule has 0 aliphatic carbocycles. The average molecular weight is 611 g/mol. The number of urea groups is 1. The number of amides is 3. The average Bonchev–Trinajstić information content (AvgIpc) is 3.36. The van der Waals surface area contributed by atoms with Crippen LogP contribution in [-0.4, -0.2) is 74.7 Å². The van der Waals surface area contributed by atoms with Gasteiger partial charge in [-0.15, -0.1) is 0 Å². The molecule has 5 rings (SSSR count). The van der Waals surface area contributed by atoms with Crippen LogP contribution in [0.25, 0.3) is 22.0 Å². The van der Waals surface area contributed by atoms with E-state index >= 15 is 0 Å². The normalized spacial score (nSPS) is 14.3. The smallest absolute Gasteiger partial charge is 0.419 e. The molecule has 2 aromatic carbocycles. The first kappa shape index (κ1) is 31.7. The standard InChI is InChI=1S/C35H42N6O4/c1-34(2,3)38-32(43)40-19-17-39(18-20-40)22-24-7-9-25(10-8-24)26-11-12-30-28(21-26)29(23-41(30)33(44)45-35(4,5)6)31(42)37-27-13-15-36-16-14-27/h7-16,21,23H,17-20,22H2,1-6H3,(H,38,43)(H,36,37,42). The first-order valence-electron chi connectivity index (χ1n) is 15.2. The number of carbonyl (C=O) groups is 3. The van der Waals surface area contributed by atoms with Crippen molar-refractivity contribution in [3.63, 3.8) is 0 Å². The van der Waals surface area contributed by atoms with Gasteiger partial charge in [0.15, 0.2) is 0 Å². The van der Waals surface area contributed by atoms with E-state index in [9.17, 15) is 14.4 Å². The van der Waals surface area contributed by atoms with Crippen LogP contribution in [0.5, 0.6) is 0 Å². The van der Waals surface area contributed by atoms with Crippen LogP contribution >= 0.6 is 0 Å². The van der Waals surface area contributed by atoms with Crippen LogP contribution in [0, 0.1) is 0 Å². The third-order valence-corrected chi connectivity index (χ3v) is 7.41. The van der Waals surface area contributed by atoms with Gasteiger partial charge in [-0.05, 0) is 82.5 Å². The van der Waals surface area contributed by atoms with E-state index in [2.05, 4.69) is 44.8 Å². The maximum absolute atomic E-state index is 13.4. The van der Waals surface area contributed by atoms with E-state index < -0.39 is 11.7 Å². The van der Waals surface area contributed by atoms with Crippen molar-refractivity contribution in [3.8, 4) is 11.1 Å². The monoisotopic (exact) mass is 610 g/mol. The molecule has 3 heterocycles. The zero-order valence-corrected chi connectivity index (χ0v) is 26.9. The number of nitrogens with zero attached hydrogens (tertiary/aromatic N) is 4. The molecule has 1 saturated heterocycles. The Hall–Kier alpha value is -4.70. The molecule has 45 heavy (non-hydrogen) atoms. The molecule has 10 heteroatoms. The number of carbonyl (C=O) groups excluding carboxylic acids is 3. The molecule has 4 aromatic rings. The number of hydrogen-bond acceptors (Lipinski definition) is 6. The van der Waals surface area contributed by atoms with Gasteiger partial charge in [-0.1, -0.05) is 30.3 Å². The van der Waals surface area contributed by atoms with Gasteiger partial charge in [-0.25, -0.2) is 9.59 Å². The zero-order valence-electron chi connectivity index (χ0n) is 26.9. The number of ether oxygens (including phenoxy) is 1. The Bertz CT molecular complexity index is 1680. The quantitative estimate of drug-likeness (QED) is 0.272. The number of aromatic nitrogens is 2. The SMILES string of the molecule is CC(C)(C)NC(=O)N1CCN(Cc2ccc(-c3ccc4c(c3)c(C(=O)Nc3ccncc3)cn4C(=O)OC(C)(C)C)cc2)CC1. The highest BCUT2D eigenvalue weighted by molar-refractivity contribution is 6.14. The Kier molecular flexibility index (Phi) is 8.97. The zero-order chi connectivity index (χ0) is 32.4. The van der Waals surface area contributed by atoms with Crippen LogP contribution in [0.15, 0.2) is 73.2 Å². The van der Waals surface area contributed by atoms with Gasteiger partial charge in [-0.3, -0.25) is 19.2 Å². The fraction of sp³-hybridized carbons (Fsp3) is 0.371. The Balaban J connectivity index is 1.34. The number of anilines is 1. The Morgan fingerprint density at radius 1 is 0.844 bits per heavy atom. The molecule has 0 spiro atoms. The van der Waals surface area contributed by atoms with Gasteiger partial charge >= 0.3 is 12.1 Å². The lowest BCUT2D eigenvalue weighted by Gasteiger charge is -2.36. The maximum atomic E-state index is 13.4. The Labute approximate surface area is 264 Å². The van der Waals surface area contributed by atoms with Gasteiger partial charge < -0.3 is 20.3 Å². The minimum absolute atomic E-state index is 0.0112. The maximum Gasteiger partial charge on any atom is 0.419 e. The highest BCUT2D eigenvalue weighted by atomic mass is 16.6. The lowest BCUT2D eigenvalue weighted by atomic mass is 10.0. The van der Waals surface area contributed by atoms with E-state index in [0.29, 0.717) is 35.2 Å². The second kappa shape index (κ2) is 12.7. The van der Waals surface area contributed by atoms with E-state index in [-0.39, 0.29) is 17.5 Å². The highest BCUT2D eigenvalue weighted by Gasteiger charge is 2.25. The third-order valence-electron chi connectivity index (χ3n) is 7.41.